The van der Waals surface area contributed by atoms with Crippen molar-refractivity contribution in [2.24, 2.45) is 0 Å². The number of pyridine rings is 2. The number of hydrogen-bond donors (Lipinski definition) is 2. The van der Waals surface area contributed by atoms with E-state index in [0.29, 0.717) is 26.6 Å². The van der Waals surface area contributed by atoms with Crippen molar-refractivity contribution >= 4 is 51.5 Å². The number of methoxy groups -OCH3 is 1. The van der Waals surface area contributed by atoms with Gasteiger partial charge >= 0.3 is 5.97 Å². The Balaban J connectivity index is 1.72. The van der Waals surface area contributed by atoms with E-state index < -0.39 is 5.97 Å². The summed E-state index contributed by atoms with van der Waals surface area (Å²) < 4.78 is 5.16. The van der Waals surface area contributed by atoms with Gasteiger partial charge < -0.3 is 15.2 Å². The Morgan fingerprint density at radius 3 is 2.53 bits per heavy atom. The van der Waals surface area contributed by atoms with Crippen LogP contribution < -0.4 is 10.1 Å². The minimum Gasteiger partial charge on any atom is -0.481 e. The highest BCUT2D eigenvalue weighted by atomic mass is 35.5. The van der Waals surface area contributed by atoms with Crippen molar-refractivity contribution in [3.63, 3.8) is 0 Å². The number of nitrogens with one attached hydrogen (secondary N) is 1. The van der Waals surface area contributed by atoms with Crippen LogP contribution in [0.3, 0.4) is 0 Å². The molecule has 0 aliphatic carbocycles. The number of aromatic carboxylic acids is 1. The number of carbonyl (C=O) groups is 1. The summed E-state index contributed by atoms with van der Waals surface area (Å²) in [6, 6.07) is 10.4. The standard InChI is InChI=1S/C24H20Cl2N4O3S/c1-12(2)21-20(14-4-5-17(25)18(26)9-14)29-24(34-21)30-22-16(23(31)32)8-15(11-28-22)13-6-7-27-19(10-13)33-3/h4-12H,1-3H3,(H,31,32)(H,28,29,30). The Morgan fingerprint density at radius 1 is 1.06 bits per heavy atom. The zero-order chi connectivity index (χ0) is 24.4. The molecule has 0 radical (unpaired) electrons. The summed E-state index contributed by atoms with van der Waals surface area (Å²) in [6.07, 6.45) is 3.19. The minimum atomic E-state index is -1.11. The molecule has 1 aromatic carbocycles. The van der Waals surface area contributed by atoms with Gasteiger partial charge in [0.25, 0.3) is 0 Å². The van der Waals surface area contributed by atoms with Gasteiger partial charge in [0, 0.05) is 34.5 Å². The number of carboxylic acid groups (broad SMARTS) is 1. The second-order valence-corrected chi connectivity index (χ2v) is 9.50. The molecule has 3 heterocycles. The smallest absolute Gasteiger partial charge is 0.339 e. The van der Waals surface area contributed by atoms with E-state index in [1.165, 1.54) is 18.4 Å². The van der Waals surface area contributed by atoms with E-state index in [1.54, 1.807) is 42.7 Å². The Bertz CT molecular complexity index is 1370. The molecule has 2 N–H and O–H groups in total. The maximum Gasteiger partial charge on any atom is 0.339 e. The monoisotopic (exact) mass is 514 g/mol. The van der Waals surface area contributed by atoms with Crippen molar-refractivity contribution < 1.29 is 14.6 Å². The molecule has 3 aromatic heterocycles. The summed E-state index contributed by atoms with van der Waals surface area (Å²) >= 11 is 13.7. The van der Waals surface area contributed by atoms with Crippen LogP contribution in [-0.2, 0) is 0 Å². The van der Waals surface area contributed by atoms with E-state index in [9.17, 15) is 9.90 Å². The summed E-state index contributed by atoms with van der Waals surface area (Å²) in [5.74, 6) is -0.297. The molecule has 0 unspecified atom stereocenters. The lowest BCUT2D eigenvalue weighted by molar-refractivity contribution is 0.0697. The topological polar surface area (TPSA) is 97.2 Å². The molecule has 0 aliphatic heterocycles. The number of halogens is 2. The van der Waals surface area contributed by atoms with Crippen LogP contribution in [-0.4, -0.2) is 33.1 Å². The average Bonchev–Trinajstić information content (AvgIpc) is 3.25. The van der Waals surface area contributed by atoms with E-state index in [0.717, 1.165) is 21.7 Å². The molecule has 0 amide bonds. The number of nitrogens with zero attached hydrogens (tertiary/aromatic N) is 3. The molecule has 34 heavy (non-hydrogen) atoms. The number of rotatable bonds is 7. The molecule has 0 bridgehead atoms. The lowest BCUT2D eigenvalue weighted by Gasteiger charge is -2.09. The maximum absolute atomic E-state index is 12.0. The normalized spacial score (nSPS) is 11.0. The SMILES string of the molecule is COc1cc(-c2cnc(Nc3nc(-c4ccc(Cl)c(Cl)c4)c(C(C)C)s3)c(C(=O)O)c2)ccn1. The second-order valence-electron chi connectivity index (χ2n) is 7.65. The predicted molar refractivity (Wildman–Crippen MR) is 136 cm³/mol. The third-order valence-corrected chi connectivity index (χ3v) is 7.00. The Hall–Kier alpha value is -3.20. The summed E-state index contributed by atoms with van der Waals surface area (Å²) in [7, 11) is 1.52. The first-order valence-electron chi connectivity index (χ1n) is 10.2. The van der Waals surface area contributed by atoms with E-state index in [1.807, 2.05) is 6.07 Å². The fourth-order valence-corrected chi connectivity index (χ4v) is 4.60. The van der Waals surface area contributed by atoms with Gasteiger partial charge in [0.2, 0.25) is 5.88 Å². The van der Waals surface area contributed by atoms with E-state index in [2.05, 4.69) is 29.1 Å². The largest absolute Gasteiger partial charge is 0.481 e. The van der Waals surface area contributed by atoms with Crippen molar-refractivity contribution in [1.29, 1.82) is 0 Å². The molecule has 0 fully saturated rings. The van der Waals surface area contributed by atoms with Crippen molar-refractivity contribution in [2.45, 2.75) is 19.8 Å². The van der Waals surface area contributed by atoms with Gasteiger partial charge in [0.1, 0.15) is 11.4 Å². The van der Waals surface area contributed by atoms with Gasteiger partial charge in [-0.15, -0.1) is 11.3 Å². The van der Waals surface area contributed by atoms with Crippen LogP contribution in [0.5, 0.6) is 5.88 Å². The zero-order valence-corrected chi connectivity index (χ0v) is 20.8. The molecule has 0 saturated heterocycles. The van der Waals surface area contributed by atoms with Crippen LogP contribution in [0.2, 0.25) is 10.0 Å². The lowest BCUT2D eigenvalue weighted by atomic mass is 10.1. The van der Waals surface area contributed by atoms with Crippen LogP contribution in [0.1, 0.15) is 35.0 Å². The van der Waals surface area contributed by atoms with Gasteiger partial charge in [-0.1, -0.05) is 43.1 Å². The number of aromatic nitrogens is 3. The molecule has 174 valence electrons. The highest BCUT2D eigenvalue weighted by Gasteiger charge is 2.20. The molecule has 0 atom stereocenters. The Kier molecular flexibility index (Phi) is 7.02. The molecule has 0 aliphatic rings. The fourth-order valence-electron chi connectivity index (χ4n) is 3.31. The van der Waals surface area contributed by atoms with Gasteiger partial charge in [-0.05, 0) is 35.7 Å². The number of benzene rings is 1. The van der Waals surface area contributed by atoms with Crippen LogP contribution in [0.15, 0.2) is 48.8 Å². The van der Waals surface area contributed by atoms with Gasteiger partial charge in [0.05, 0.1) is 22.8 Å². The van der Waals surface area contributed by atoms with Crippen molar-refractivity contribution in [3.8, 4) is 28.3 Å². The van der Waals surface area contributed by atoms with Gasteiger partial charge in [-0.2, -0.15) is 0 Å². The van der Waals surface area contributed by atoms with Gasteiger partial charge in [0.15, 0.2) is 5.13 Å². The van der Waals surface area contributed by atoms with Crippen molar-refractivity contribution in [1.82, 2.24) is 15.0 Å². The first-order valence-corrected chi connectivity index (χ1v) is 11.8. The molecule has 4 rings (SSSR count). The molecule has 7 nitrogen and oxygen atoms in total. The number of anilines is 2. The summed E-state index contributed by atoms with van der Waals surface area (Å²) in [4.78, 5) is 26.2. The molecular weight excluding hydrogens is 495 g/mol. The molecule has 0 spiro atoms. The maximum atomic E-state index is 12.0. The highest BCUT2D eigenvalue weighted by molar-refractivity contribution is 7.16. The lowest BCUT2D eigenvalue weighted by Crippen LogP contribution is -2.05. The van der Waals surface area contributed by atoms with E-state index in [-0.39, 0.29) is 17.3 Å². The van der Waals surface area contributed by atoms with E-state index in [4.69, 9.17) is 32.9 Å². The summed E-state index contributed by atoms with van der Waals surface area (Å²) in [5, 5.41) is 14.4. The molecule has 10 heteroatoms. The van der Waals surface area contributed by atoms with Crippen LogP contribution in [0.25, 0.3) is 22.4 Å². The molecule has 4 aromatic rings. The van der Waals surface area contributed by atoms with Crippen molar-refractivity contribution in [2.75, 3.05) is 12.4 Å². The summed E-state index contributed by atoms with van der Waals surface area (Å²) in [5.41, 5.74) is 2.98. The number of ether oxygens (including phenoxy) is 1. The third kappa shape index (κ3) is 4.99. The second kappa shape index (κ2) is 9.97. The predicted octanol–water partition coefficient (Wildman–Crippen LogP) is 7.15. The first-order chi connectivity index (χ1) is 16.3. The number of hydrogen-bond acceptors (Lipinski definition) is 7. The highest BCUT2D eigenvalue weighted by Crippen LogP contribution is 2.39. The van der Waals surface area contributed by atoms with Crippen LogP contribution in [0, 0.1) is 0 Å². The quantitative estimate of drug-likeness (QED) is 0.270. The third-order valence-electron chi connectivity index (χ3n) is 4.99. The van der Waals surface area contributed by atoms with Crippen LogP contribution >= 0.6 is 34.5 Å². The minimum absolute atomic E-state index is 0.0191. The average molecular weight is 515 g/mol. The first kappa shape index (κ1) is 23.9. The number of carboxylic acids is 1. The van der Waals surface area contributed by atoms with Crippen LogP contribution in [0.4, 0.5) is 10.9 Å². The Morgan fingerprint density at radius 2 is 1.85 bits per heavy atom. The molecule has 0 saturated carbocycles. The molecular formula is C24H20Cl2N4O3S. The van der Waals surface area contributed by atoms with Gasteiger partial charge in [-0.3, -0.25) is 0 Å². The van der Waals surface area contributed by atoms with Gasteiger partial charge in [-0.25, -0.2) is 19.7 Å². The van der Waals surface area contributed by atoms with E-state index >= 15 is 0 Å². The zero-order valence-electron chi connectivity index (χ0n) is 18.5. The van der Waals surface area contributed by atoms with Crippen molar-refractivity contribution in [3.05, 3.63) is 69.3 Å². The fraction of sp³-hybridized carbons (Fsp3) is 0.167. The Labute approximate surface area is 210 Å². The summed E-state index contributed by atoms with van der Waals surface area (Å²) in [6.45, 7) is 4.13. The number of thiazole rings is 1.